The van der Waals surface area contributed by atoms with Crippen molar-refractivity contribution in [3.8, 4) is 0 Å². The summed E-state index contributed by atoms with van der Waals surface area (Å²) in [6.45, 7) is 5.80. The van der Waals surface area contributed by atoms with Crippen LogP contribution in [0.1, 0.15) is 19.5 Å². The predicted molar refractivity (Wildman–Crippen MR) is 54.9 cm³/mol. The monoisotopic (exact) mass is 215 g/mol. The maximum Gasteiger partial charge on any atom is 0.188 e. The quantitative estimate of drug-likeness (QED) is 0.687. The molecule has 2 heterocycles. The number of aryl methyl sites for hydroxylation is 1. The minimum absolute atomic E-state index is 0.144. The van der Waals surface area contributed by atoms with Gasteiger partial charge in [0.1, 0.15) is 5.52 Å². The molecule has 0 aliphatic rings. The second-order valence-electron chi connectivity index (χ2n) is 2.47. The summed E-state index contributed by atoms with van der Waals surface area (Å²) >= 11 is 5.46. The molecule has 0 amide bonds. The molecular weight excluding hydrogens is 205 g/mol. The van der Waals surface area contributed by atoms with Crippen molar-refractivity contribution in [2.24, 2.45) is 0 Å². The summed E-state index contributed by atoms with van der Waals surface area (Å²) in [5.41, 5.74) is 1.03. The Balaban J connectivity index is 0.000000461. The molecule has 5 heteroatoms. The Hall–Kier alpha value is -1.16. The number of hydrogen-bond acceptors (Lipinski definition) is 2. The Kier molecular flexibility index (Phi) is 3.41. The third-order valence-corrected chi connectivity index (χ3v) is 1.95. The average molecular weight is 216 g/mol. The summed E-state index contributed by atoms with van der Waals surface area (Å²) in [4.78, 5) is 3.67. The highest BCUT2D eigenvalue weighted by Crippen LogP contribution is 2.21. The number of halogens is 2. The van der Waals surface area contributed by atoms with Gasteiger partial charge in [-0.2, -0.15) is 5.10 Å². The van der Waals surface area contributed by atoms with E-state index in [2.05, 4.69) is 15.2 Å². The zero-order chi connectivity index (χ0) is 10.7. The van der Waals surface area contributed by atoms with E-state index in [9.17, 15) is 4.39 Å². The standard InChI is InChI=1S/C7H5ClFN3.C2H6/c1-3-4-2-10-7(8)5(9)6(4)12-11-3;1-2/h2H,1H3,(H,11,12);1-2H3. The van der Waals surface area contributed by atoms with Gasteiger partial charge in [0.2, 0.25) is 0 Å². The fourth-order valence-corrected chi connectivity index (χ4v) is 1.18. The van der Waals surface area contributed by atoms with Crippen LogP contribution >= 0.6 is 11.6 Å². The van der Waals surface area contributed by atoms with Crippen molar-refractivity contribution < 1.29 is 4.39 Å². The van der Waals surface area contributed by atoms with E-state index in [-0.39, 0.29) is 10.7 Å². The van der Waals surface area contributed by atoms with Crippen molar-refractivity contribution in [2.45, 2.75) is 20.8 Å². The molecule has 0 spiro atoms. The molecule has 2 aromatic heterocycles. The highest BCUT2D eigenvalue weighted by molar-refractivity contribution is 6.30. The van der Waals surface area contributed by atoms with E-state index >= 15 is 0 Å². The van der Waals surface area contributed by atoms with Crippen LogP contribution in [0.15, 0.2) is 6.20 Å². The molecule has 0 aliphatic carbocycles. The molecular formula is C9H11ClFN3. The van der Waals surface area contributed by atoms with Crippen LogP contribution in [0, 0.1) is 12.7 Å². The number of aromatic amines is 1. The van der Waals surface area contributed by atoms with Gasteiger partial charge in [-0.1, -0.05) is 25.4 Å². The van der Waals surface area contributed by atoms with Gasteiger partial charge in [0.15, 0.2) is 11.0 Å². The van der Waals surface area contributed by atoms with E-state index in [1.54, 1.807) is 6.92 Å². The largest absolute Gasteiger partial charge is 0.281 e. The third kappa shape index (κ3) is 1.70. The summed E-state index contributed by atoms with van der Waals surface area (Å²) in [6, 6.07) is 0. The SMILES string of the molecule is CC.Cc1[nH]nc2c(F)c(Cl)ncc12. The third-order valence-electron chi connectivity index (χ3n) is 1.69. The predicted octanol–water partition coefficient (Wildman–Crippen LogP) is 3.09. The van der Waals surface area contributed by atoms with Gasteiger partial charge in [0.25, 0.3) is 0 Å². The van der Waals surface area contributed by atoms with E-state index in [1.165, 1.54) is 6.20 Å². The molecule has 1 N–H and O–H groups in total. The fourth-order valence-electron chi connectivity index (χ4n) is 1.04. The van der Waals surface area contributed by atoms with Crippen LogP contribution in [0.25, 0.3) is 10.9 Å². The van der Waals surface area contributed by atoms with Crippen LogP contribution in [0.5, 0.6) is 0 Å². The van der Waals surface area contributed by atoms with Gasteiger partial charge in [0.05, 0.1) is 0 Å². The number of aromatic nitrogens is 3. The molecule has 0 radical (unpaired) electrons. The van der Waals surface area contributed by atoms with Crippen molar-refractivity contribution in [3.05, 3.63) is 22.9 Å². The molecule has 3 nitrogen and oxygen atoms in total. The molecule has 0 aromatic carbocycles. The normalized spacial score (nSPS) is 9.79. The molecule has 0 bridgehead atoms. The molecule has 76 valence electrons. The molecule has 2 rings (SSSR count). The number of nitrogens with zero attached hydrogens (tertiary/aromatic N) is 2. The molecule has 0 unspecified atom stereocenters. The molecule has 14 heavy (non-hydrogen) atoms. The number of nitrogens with one attached hydrogen (secondary N) is 1. The van der Waals surface area contributed by atoms with E-state index in [4.69, 9.17) is 11.6 Å². The second kappa shape index (κ2) is 4.37. The van der Waals surface area contributed by atoms with Gasteiger partial charge in [-0.05, 0) is 6.92 Å². The Morgan fingerprint density at radius 3 is 2.71 bits per heavy atom. The van der Waals surface area contributed by atoms with Crippen LogP contribution in [-0.2, 0) is 0 Å². The van der Waals surface area contributed by atoms with Crippen molar-refractivity contribution in [1.82, 2.24) is 15.2 Å². The minimum Gasteiger partial charge on any atom is -0.281 e. The number of H-pyrrole nitrogens is 1. The maximum atomic E-state index is 13.1. The first-order valence-electron chi connectivity index (χ1n) is 4.35. The van der Waals surface area contributed by atoms with E-state index in [0.29, 0.717) is 5.39 Å². The maximum absolute atomic E-state index is 13.1. The van der Waals surface area contributed by atoms with Gasteiger partial charge >= 0.3 is 0 Å². The molecule has 0 saturated carbocycles. The number of fused-ring (bicyclic) bond motifs is 1. The smallest absolute Gasteiger partial charge is 0.188 e. The molecule has 0 atom stereocenters. The first-order chi connectivity index (χ1) is 6.70. The molecule has 0 saturated heterocycles. The van der Waals surface area contributed by atoms with E-state index in [0.717, 1.165) is 5.69 Å². The summed E-state index contributed by atoms with van der Waals surface area (Å²) in [6.07, 6.45) is 1.50. The summed E-state index contributed by atoms with van der Waals surface area (Å²) in [5, 5.41) is 6.93. The highest BCUT2D eigenvalue weighted by atomic mass is 35.5. The number of rotatable bonds is 0. The molecule has 0 fully saturated rings. The summed E-state index contributed by atoms with van der Waals surface area (Å²) in [5.74, 6) is -0.571. The zero-order valence-corrected chi connectivity index (χ0v) is 8.98. The van der Waals surface area contributed by atoms with Crippen LogP contribution in [-0.4, -0.2) is 15.2 Å². The average Bonchev–Trinajstić information content (AvgIpc) is 2.58. The lowest BCUT2D eigenvalue weighted by atomic mass is 10.3. The minimum atomic E-state index is -0.571. The fraction of sp³-hybridized carbons (Fsp3) is 0.333. The van der Waals surface area contributed by atoms with Gasteiger partial charge in [-0.3, -0.25) is 5.10 Å². The van der Waals surface area contributed by atoms with Gasteiger partial charge in [0, 0.05) is 17.3 Å². The van der Waals surface area contributed by atoms with Crippen molar-refractivity contribution >= 4 is 22.5 Å². The highest BCUT2D eigenvalue weighted by Gasteiger charge is 2.10. The van der Waals surface area contributed by atoms with Crippen molar-refractivity contribution in [3.63, 3.8) is 0 Å². The first-order valence-corrected chi connectivity index (χ1v) is 4.72. The molecule has 2 aromatic rings. The second-order valence-corrected chi connectivity index (χ2v) is 2.83. The number of hydrogen-bond donors (Lipinski definition) is 1. The summed E-state index contributed by atoms with van der Waals surface area (Å²) < 4.78 is 13.1. The molecule has 0 aliphatic heterocycles. The zero-order valence-electron chi connectivity index (χ0n) is 8.23. The first kappa shape index (κ1) is 10.9. The van der Waals surface area contributed by atoms with E-state index < -0.39 is 5.82 Å². The van der Waals surface area contributed by atoms with Crippen LogP contribution in [0.2, 0.25) is 5.15 Å². The van der Waals surface area contributed by atoms with E-state index in [1.807, 2.05) is 13.8 Å². The summed E-state index contributed by atoms with van der Waals surface area (Å²) in [7, 11) is 0. The van der Waals surface area contributed by atoms with Crippen molar-refractivity contribution in [1.29, 1.82) is 0 Å². The number of pyridine rings is 1. The van der Waals surface area contributed by atoms with Gasteiger partial charge in [-0.25, -0.2) is 9.37 Å². The van der Waals surface area contributed by atoms with Crippen LogP contribution < -0.4 is 0 Å². The van der Waals surface area contributed by atoms with Gasteiger partial charge in [-0.15, -0.1) is 0 Å². The lowest BCUT2D eigenvalue weighted by molar-refractivity contribution is 0.631. The van der Waals surface area contributed by atoms with Crippen molar-refractivity contribution in [2.75, 3.05) is 0 Å². The Labute approximate surface area is 86.3 Å². The topological polar surface area (TPSA) is 41.6 Å². The Morgan fingerprint density at radius 1 is 1.43 bits per heavy atom. The lowest BCUT2D eigenvalue weighted by Crippen LogP contribution is -1.83. The van der Waals surface area contributed by atoms with Gasteiger partial charge < -0.3 is 0 Å². The van der Waals surface area contributed by atoms with Crippen LogP contribution in [0.3, 0.4) is 0 Å². The Bertz CT molecular complexity index is 439. The lowest BCUT2D eigenvalue weighted by Gasteiger charge is -1.92. The van der Waals surface area contributed by atoms with Crippen LogP contribution in [0.4, 0.5) is 4.39 Å². The Morgan fingerprint density at radius 2 is 2.07 bits per heavy atom.